The fourth-order valence-electron chi connectivity index (χ4n) is 1.93. The predicted octanol–water partition coefficient (Wildman–Crippen LogP) is 3.93. The summed E-state index contributed by atoms with van der Waals surface area (Å²) in [5.41, 5.74) is 0.287. The Hall–Kier alpha value is -0.740. The van der Waals surface area contributed by atoms with Gasteiger partial charge in [0.1, 0.15) is 5.75 Å². The second kappa shape index (κ2) is 8.43. The maximum absolute atomic E-state index is 12.0. The maximum atomic E-state index is 12.0. The molecule has 106 valence electrons. The molecule has 1 rings (SSSR count). The van der Waals surface area contributed by atoms with Crippen LogP contribution >= 0.6 is 27.5 Å². The zero-order chi connectivity index (χ0) is 14.3. The normalized spacial score (nSPS) is 12.2. The summed E-state index contributed by atoms with van der Waals surface area (Å²) in [6, 6.07) is 4.81. The lowest BCUT2D eigenvalue weighted by Gasteiger charge is -2.16. The average Bonchev–Trinajstić information content (AvgIpc) is 2.39. The number of carbonyl (C=O) groups is 1. The predicted molar refractivity (Wildman–Crippen MR) is 81.9 cm³/mol. The summed E-state index contributed by atoms with van der Waals surface area (Å²) < 4.78 is 0.765. The number of hydrogen-bond donors (Lipinski definition) is 2. The molecule has 3 nitrogen and oxygen atoms in total. The van der Waals surface area contributed by atoms with Crippen molar-refractivity contribution in [2.24, 2.45) is 5.92 Å². The molecule has 0 saturated carbocycles. The van der Waals surface area contributed by atoms with E-state index in [-0.39, 0.29) is 17.2 Å². The lowest BCUT2D eigenvalue weighted by molar-refractivity contribution is 0.0943. The van der Waals surface area contributed by atoms with Crippen molar-refractivity contribution >= 4 is 33.4 Å². The van der Waals surface area contributed by atoms with Gasteiger partial charge in [0.05, 0.1) is 5.56 Å². The molecule has 0 fully saturated rings. The van der Waals surface area contributed by atoms with Crippen molar-refractivity contribution in [1.29, 1.82) is 0 Å². The van der Waals surface area contributed by atoms with Gasteiger partial charge < -0.3 is 10.4 Å². The van der Waals surface area contributed by atoms with Crippen LogP contribution in [0.4, 0.5) is 0 Å². The topological polar surface area (TPSA) is 49.3 Å². The van der Waals surface area contributed by atoms with Crippen LogP contribution < -0.4 is 5.32 Å². The van der Waals surface area contributed by atoms with Crippen LogP contribution in [0.25, 0.3) is 0 Å². The first-order chi connectivity index (χ1) is 9.08. The second-order valence-corrected chi connectivity index (χ2v) is 5.80. The van der Waals surface area contributed by atoms with Gasteiger partial charge in [0.25, 0.3) is 5.91 Å². The summed E-state index contributed by atoms with van der Waals surface area (Å²) in [6.07, 6.45) is 3.00. The fourth-order valence-corrected chi connectivity index (χ4v) is 2.60. The SMILES string of the molecule is CCCC(CCCl)CNC(=O)c1cc(Br)ccc1O. The maximum Gasteiger partial charge on any atom is 0.255 e. The Morgan fingerprint density at radius 1 is 1.47 bits per heavy atom. The van der Waals surface area contributed by atoms with Gasteiger partial charge in [-0.15, -0.1) is 11.6 Å². The Kier molecular flexibility index (Phi) is 7.24. The van der Waals surface area contributed by atoms with Crippen molar-refractivity contribution in [3.8, 4) is 5.75 Å². The smallest absolute Gasteiger partial charge is 0.255 e. The Bertz CT molecular complexity index is 420. The largest absolute Gasteiger partial charge is 0.507 e. The van der Waals surface area contributed by atoms with Gasteiger partial charge >= 0.3 is 0 Å². The number of rotatable bonds is 7. The highest BCUT2D eigenvalue weighted by molar-refractivity contribution is 9.10. The van der Waals surface area contributed by atoms with Crippen molar-refractivity contribution < 1.29 is 9.90 Å². The second-order valence-electron chi connectivity index (χ2n) is 4.50. The molecular weight excluding hydrogens is 330 g/mol. The molecule has 1 unspecified atom stereocenters. The molecule has 1 atom stereocenters. The minimum Gasteiger partial charge on any atom is -0.507 e. The molecule has 0 aliphatic carbocycles. The van der Waals surface area contributed by atoms with Gasteiger partial charge in [-0.05, 0) is 37.0 Å². The average molecular weight is 349 g/mol. The Balaban J connectivity index is 2.61. The number of phenols is 1. The number of benzene rings is 1. The molecule has 1 amide bonds. The van der Waals surface area contributed by atoms with Crippen molar-refractivity contribution in [2.45, 2.75) is 26.2 Å². The highest BCUT2D eigenvalue weighted by Crippen LogP contribution is 2.22. The Morgan fingerprint density at radius 3 is 2.84 bits per heavy atom. The number of amides is 1. The van der Waals surface area contributed by atoms with Crippen LogP contribution in [0.1, 0.15) is 36.5 Å². The third kappa shape index (κ3) is 5.41. The monoisotopic (exact) mass is 347 g/mol. The van der Waals surface area contributed by atoms with Gasteiger partial charge in [-0.25, -0.2) is 0 Å². The van der Waals surface area contributed by atoms with Crippen LogP contribution in [0.3, 0.4) is 0 Å². The molecule has 0 aliphatic heterocycles. The molecule has 0 saturated heterocycles. The van der Waals surface area contributed by atoms with Crippen LogP contribution in [-0.4, -0.2) is 23.4 Å². The molecule has 0 spiro atoms. The lowest BCUT2D eigenvalue weighted by Crippen LogP contribution is -2.29. The quantitative estimate of drug-likeness (QED) is 0.734. The van der Waals surface area contributed by atoms with E-state index in [4.69, 9.17) is 11.6 Å². The highest BCUT2D eigenvalue weighted by atomic mass is 79.9. The molecule has 0 aromatic heterocycles. The van der Waals surface area contributed by atoms with Crippen LogP contribution in [-0.2, 0) is 0 Å². The molecule has 0 heterocycles. The van der Waals surface area contributed by atoms with Gasteiger partial charge in [-0.2, -0.15) is 0 Å². The molecule has 1 aromatic rings. The van der Waals surface area contributed by atoms with E-state index >= 15 is 0 Å². The van der Waals surface area contributed by atoms with Crippen molar-refractivity contribution in [1.82, 2.24) is 5.32 Å². The third-order valence-electron chi connectivity index (χ3n) is 2.97. The van der Waals surface area contributed by atoms with Crippen LogP contribution in [0, 0.1) is 5.92 Å². The number of alkyl halides is 1. The summed E-state index contributed by atoms with van der Waals surface area (Å²) in [6.45, 7) is 2.70. The minimum absolute atomic E-state index is 0.00918. The van der Waals surface area contributed by atoms with E-state index in [1.165, 1.54) is 6.07 Å². The van der Waals surface area contributed by atoms with Crippen molar-refractivity contribution in [3.05, 3.63) is 28.2 Å². The van der Waals surface area contributed by atoms with Gasteiger partial charge in [0, 0.05) is 16.9 Å². The zero-order valence-corrected chi connectivity index (χ0v) is 13.3. The lowest BCUT2D eigenvalue weighted by atomic mass is 10.0. The summed E-state index contributed by atoms with van der Waals surface area (Å²) in [7, 11) is 0. The summed E-state index contributed by atoms with van der Waals surface area (Å²) >= 11 is 9.04. The van der Waals surface area contributed by atoms with E-state index in [1.807, 2.05) is 0 Å². The van der Waals surface area contributed by atoms with Crippen LogP contribution in [0.5, 0.6) is 5.75 Å². The van der Waals surface area contributed by atoms with Crippen molar-refractivity contribution in [3.63, 3.8) is 0 Å². The summed E-state index contributed by atoms with van der Waals surface area (Å²) in [5, 5.41) is 12.5. The third-order valence-corrected chi connectivity index (χ3v) is 3.68. The summed E-state index contributed by atoms with van der Waals surface area (Å²) in [4.78, 5) is 12.0. The van der Waals surface area contributed by atoms with Gasteiger partial charge in [0.2, 0.25) is 0 Å². The van der Waals surface area contributed by atoms with Gasteiger partial charge in [-0.3, -0.25) is 4.79 Å². The molecule has 5 heteroatoms. The Morgan fingerprint density at radius 2 is 2.21 bits per heavy atom. The van der Waals surface area contributed by atoms with E-state index in [1.54, 1.807) is 12.1 Å². The molecule has 0 radical (unpaired) electrons. The number of nitrogens with one attached hydrogen (secondary N) is 1. The molecule has 1 aromatic carbocycles. The first kappa shape index (κ1) is 16.3. The minimum atomic E-state index is -0.255. The first-order valence-corrected chi connectivity index (χ1v) is 7.73. The zero-order valence-electron chi connectivity index (χ0n) is 11.0. The molecule has 0 bridgehead atoms. The van der Waals surface area contributed by atoms with E-state index in [9.17, 15) is 9.90 Å². The van der Waals surface area contributed by atoms with Crippen molar-refractivity contribution in [2.75, 3.05) is 12.4 Å². The standard InChI is InChI=1S/C14H19BrClNO2/c1-2-3-10(6-7-16)9-17-14(19)12-8-11(15)4-5-13(12)18/h4-5,8,10,18H,2-3,6-7,9H2,1H3,(H,17,19). The molecule has 2 N–H and O–H groups in total. The molecule has 19 heavy (non-hydrogen) atoms. The number of halogens is 2. The number of hydrogen-bond acceptors (Lipinski definition) is 2. The van der Waals surface area contributed by atoms with Crippen LogP contribution in [0.2, 0.25) is 0 Å². The molecule has 0 aliphatic rings. The first-order valence-electron chi connectivity index (χ1n) is 6.41. The fraction of sp³-hybridized carbons (Fsp3) is 0.500. The van der Waals surface area contributed by atoms with E-state index in [2.05, 4.69) is 28.2 Å². The van der Waals surface area contributed by atoms with Gasteiger partial charge in [-0.1, -0.05) is 29.3 Å². The number of carbonyl (C=O) groups excluding carboxylic acids is 1. The summed E-state index contributed by atoms with van der Waals surface area (Å²) in [5.74, 6) is 0.725. The van der Waals surface area contributed by atoms with E-state index in [0.717, 1.165) is 23.7 Å². The highest BCUT2D eigenvalue weighted by Gasteiger charge is 2.14. The van der Waals surface area contributed by atoms with Crippen LogP contribution in [0.15, 0.2) is 22.7 Å². The number of aromatic hydroxyl groups is 1. The molecular formula is C14H19BrClNO2. The van der Waals surface area contributed by atoms with E-state index in [0.29, 0.717) is 18.3 Å². The van der Waals surface area contributed by atoms with E-state index < -0.39 is 0 Å². The van der Waals surface area contributed by atoms with Gasteiger partial charge in [0.15, 0.2) is 0 Å². The number of phenolic OH excluding ortho intramolecular Hbond substituents is 1. The Labute approximate surface area is 127 Å².